The minimum Gasteiger partial charge on any atom is -0.380 e. The standard InChI is InChI=1S/C16H19Cl2N3O2/c1-10-3-12(23-20-10)4-11-7-21(9-16(11)22-2)8-13-14(17)5-19-6-15(13)18/h3,5-6,11,16H,4,7-9H2,1-2H3/t11-,16+/m1/s1. The van der Waals surface area contributed by atoms with Crippen molar-refractivity contribution in [2.75, 3.05) is 20.2 Å². The summed E-state index contributed by atoms with van der Waals surface area (Å²) in [5.74, 6) is 1.25. The smallest absolute Gasteiger partial charge is 0.137 e. The fourth-order valence-electron chi connectivity index (χ4n) is 3.10. The van der Waals surface area contributed by atoms with Crippen LogP contribution >= 0.6 is 23.2 Å². The van der Waals surface area contributed by atoms with Crippen molar-refractivity contribution in [3.63, 3.8) is 0 Å². The van der Waals surface area contributed by atoms with Gasteiger partial charge in [-0.25, -0.2) is 0 Å². The molecule has 0 saturated carbocycles. The predicted molar refractivity (Wildman–Crippen MR) is 88.8 cm³/mol. The molecule has 0 bridgehead atoms. The highest BCUT2D eigenvalue weighted by atomic mass is 35.5. The molecule has 1 saturated heterocycles. The Morgan fingerprint density at radius 1 is 1.30 bits per heavy atom. The first-order valence-electron chi connectivity index (χ1n) is 7.52. The molecule has 0 N–H and O–H groups in total. The summed E-state index contributed by atoms with van der Waals surface area (Å²) in [6, 6.07) is 1.98. The summed E-state index contributed by atoms with van der Waals surface area (Å²) in [4.78, 5) is 6.30. The van der Waals surface area contributed by atoms with Crippen LogP contribution in [0.2, 0.25) is 10.0 Å². The summed E-state index contributed by atoms with van der Waals surface area (Å²) < 4.78 is 11.0. The second-order valence-corrected chi connectivity index (χ2v) is 6.76. The Kier molecular flexibility index (Phi) is 5.21. The van der Waals surface area contributed by atoms with Gasteiger partial charge in [0, 0.05) is 63.1 Å². The fraction of sp³-hybridized carbons (Fsp3) is 0.500. The topological polar surface area (TPSA) is 51.4 Å². The average Bonchev–Trinajstić information content (AvgIpc) is 3.09. The Hall–Kier alpha value is -1.14. The molecule has 0 amide bonds. The number of likely N-dealkylation sites (tertiary alicyclic amines) is 1. The van der Waals surface area contributed by atoms with E-state index in [4.69, 9.17) is 32.5 Å². The molecule has 0 unspecified atom stereocenters. The van der Waals surface area contributed by atoms with Crippen molar-refractivity contribution in [1.29, 1.82) is 0 Å². The number of aromatic nitrogens is 2. The molecule has 0 spiro atoms. The van der Waals surface area contributed by atoms with Gasteiger partial charge in [-0.3, -0.25) is 9.88 Å². The molecule has 0 aliphatic carbocycles. The van der Waals surface area contributed by atoms with Gasteiger partial charge in [0.05, 0.1) is 21.8 Å². The van der Waals surface area contributed by atoms with E-state index in [-0.39, 0.29) is 6.10 Å². The average molecular weight is 356 g/mol. The lowest BCUT2D eigenvalue weighted by atomic mass is 10.0. The molecule has 1 aliphatic heterocycles. The van der Waals surface area contributed by atoms with Crippen LogP contribution < -0.4 is 0 Å². The van der Waals surface area contributed by atoms with Gasteiger partial charge in [-0.15, -0.1) is 0 Å². The molecule has 2 atom stereocenters. The van der Waals surface area contributed by atoms with Gasteiger partial charge < -0.3 is 9.26 Å². The molecule has 1 aliphatic rings. The minimum atomic E-state index is 0.153. The van der Waals surface area contributed by atoms with Crippen LogP contribution in [0.4, 0.5) is 0 Å². The van der Waals surface area contributed by atoms with E-state index < -0.39 is 0 Å². The van der Waals surface area contributed by atoms with E-state index in [1.54, 1.807) is 19.5 Å². The van der Waals surface area contributed by atoms with Crippen LogP contribution in [0.15, 0.2) is 23.0 Å². The minimum absolute atomic E-state index is 0.153. The number of rotatable bonds is 5. The highest BCUT2D eigenvalue weighted by molar-refractivity contribution is 6.35. The van der Waals surface area contributed by atoms with E-state index in [1.807, 2.05) is 13.0 Å². The van der Waals surface area contributed by atoms with Gasteiger partial charge in [0.15, 0.2) is 0 Å². The number of hydrogen-bond donors (Lipinski definition) is 0. The monoisotopic (exact) mass is 355 g/mol. The Labute approximate surface area is 145 Å². The predicted octanol–water partition coefficient (Wildman–Crippen LogP) is 3.37. The molecule has 2 aromatic rings. The van der Waals surface area contributed by atoms with Crippen molar-refractivity contribution < 1.29 is 9.26 Å². The van der Waals surface area contributed by atoms with Crippen molar-refractivity contribution in [2.45, 2.75) is 26.0 Å². The maximum absolute atomic E-state index is 6.22. The Morgan fingerprint density at radius 3 is 2.65 bits per heavy atom. The lowest BCUT2D eigenvalue weighted by molar-refractivity contribution is 0.0761. The Bertz CT molecular complexity index is 657. The second kappa shape index (κ2) is 7.18. The van der Waals surface area contributed by atoms with Crippen molar-refractivity contribution in [3.05, 3.63) is 45.5 Å². The van der Waals surface area contributed by atoms with E-state index in [1.165, 1.54) is 0 Å². The molecule has 3 rings (SSSR count). The molecule has 3 heterocycles. The van der Waals surface area contributed by atoms with Gasteiger partial charge in [0.25, 0.3) is 0 Å². The largest absolute Gasteiger partial charge is 0.380 e. The van der Waals surface area contributed by atoms with E-state index in [0.717, 1.165) is 36.5 Å². The number of pyridine rings is 1. The number of ether oxygens (including phenoxy) is 1. The first kappa shape index (κ1) is 16.7. The maximum atomic E-state index is 6.22. The Morgan fingerprint density at radius 2 is 2.04 bits per heavy atom. The van der Waals surface area contributed by atoms with Crippen molar-refractivity contribution in [2.24, 2.45) is 5.92 Å². The molecular weight excluding hydrogens is 337 g/mol. The maximum Gasteiger partial charge on any atom is 0.137 e. The molecular formula is C16H19Cl2N3O2. The van der Waals surface area contributed by atoms with Gasteiger partial charge in [-0.2, -0.15) is 0 Å². The van der Waals surface area contributed by atoms with Crippen LogP contribution in [0.25, 0.3) is 0 Å². The first-order valence-corrected chi connectivity index (χ1v) is 8.27. The summed E-state index contributed by atoms with van der Waals surface area (Å²) in [6.45, 7) is 4.34. The second-order valence-electron chi connectivity index (χ2n) is 5.95. The molecule has 7 heteroatoms. The van der Waals surface area contributed by atoms with Crippen LogP contribution in [0.3, 0.4) is 0 Å². The molecule has 0 radical (unpaired) electrons. The van der Waals surface area contributed by atoms with E-state index >= 15 is 0 Å². The Balaban J connectivity index is 1.69. The SMILES string of the molecule is CO[C@H]1CN(Cc2c(Cl)cncc2Cl)C[C@H]1Cc1cc(C)no1. The summed E-state index contributed by atoms with van der Waals surface area (Å²) in [5.41, 5.74) is 1.81. The summed E-state index contributed by atoms with van der Waals surface area (Å²) in [7, 11) is 1.75. The number of halogens is 2. The van der Waals surface area contributed by atoms with Crippen LogP contribution in [0, 0.1) is 12.8 Å². The summed E-state index contributed by atoms with van der Waals surface area (Å²) >= 11 is 12.4. The van der Waals surface area contributed by atoms with Gasteiger partial charge in [-0.05, 0) is 6.92 Å². The third kappa shape index (κ3) is 3.86. The van der Waals surface area contributed by atoms with Gasteiger partial charge >= 0.3 is 0 Å². The van der Waals surface area contributed by atoms with Crippen LogP contribution in [-0.2, 0) is 17.7 Å². The molecule has 23 heavy (non-hydrogen) atoms. The van der Waals surface area contributed by atoms with Crippen molar-refractivity contribution >= 4 is 23.2 Å². The zero-order chi connectivity index (χ0) is 16.4. The quantitative estimate of drug-likeness (QED) is 0.822. The van der Waals surface area contributed by atoms with E-state index in [2.05, 4.69) is 15.0 Å². The third-order valence-corrected chi connectivity index (χ3v) is 4.89. The highest BCUT2D eigenvalue weighted by Crippen LogP contribution is 2.29. The van der Waals surface area contributed by atoms with Gasteiger partial charge in [-0.1, -0.05) is 28.4 Å². The van der Waals surface area contributed by atoms with E-state index in [9.17, 15) is 0 Å². The molecule has 2 aromatic heterocycles. The lowest BCUT2D eigenvalue weighted by Crippen LogP contribution is -2.23. The molecule has 0 aromatic carbocycles. The molecule has 5 nitrogen and oxygen atoms in total. The van der Waals surface area contributed by atoms with Gasteiger partial charge in [0.2, 0.25) is 0 Å². The fourth-order valence-corrected chi connectivity index (χ4v) is 3.59. The highest BCUT2D eigenvalue weighted by Gasteiger charge is 2.34. The normalized spacial score (nSPS) is 21.9. The summed E-state index contributed by atoms with van der Waals surface area (Å²) in [5, 5.41) is 5.14. The molecule has 1 fully saturated rings. The lowest BCUT2D eigenvalue weighted by Gasteiger charge is -2.17. The zero-order valence-corrected chi connectivity index (χ0v) is 14.6. The number of aryl methyl sites for hydroxylation is 1. The third-order valence-electron chi connectivity index (χ3n) is 4.23. The number of methoxy groups -OCH3 is 1. The van der Waals surface area contributed by atoms with Gasteiger partial charge in [0.1, 0.15) is 5.76 Å². The van der Waals surface area contributed by atoms with Crippen LogP contribution in [0.1, 0.15) is 17.0 Å². The van der Waals surface area contributed by atoms with E-state index in [0.29, 0.717) is 22.5 Å². The molecule has 124 valence electrons. The number of hydrogen-bond acceptors (Lipinski definition) is 5. The summed E-state index contributed by atoms with van der Waals surface area (Å²) in [6.07, 6.45) is 4.22. The van der Waals surface area contributed by atoms with Crippen molar-refractivity contribution in [1.82, 2.24) is 15.0 Å². The van der Waals surface area contributed by atoms with Crippen LogP contribution in [-0.4, -0.2) is 41.3 Å². The number of nitrogens with zero attached hydrogens (tertiary/aromatic N) is 3. The van der Waals surface area contributed by atoms with Crippen molar-refractivity contribution in [3.8, 4) is 0 Å². The van der Waals surface area contributed by atoms with Crippen LogP contribution in [0.5, 0.6) is 0 Å². The zero-order valence-electron chi connectivity index (χ0n) is 13.1. The first-order chi connectivity index (χ1) is 11.1.